The Bertz CT molecular complexity index is 2420. The average Bonchev–Trinajstić information content (AvgIpc) is 3.64. The van der Waals surface area contributed by atoms with Crippen LogP contribution in [-0.2, 0) is 0 Å². The minimum atomic E-state index is 0.653. The van der Waals surface area contributed by atoms with Crippen molar-refractivity contribution in [2.75, 3.05) is 0 Å². The summed E-state index contributed by atoms with van der Waals surface area (Å²) in [6, 6.07) is 50.6. The van der Waals surface area contributed by atoms with Crippen molar-refractivity contribution >= 4 is 53.3 Å². The molecule has 3 heterocycles. The average molecular weight is 581 g/mol. The standard InChI is InChI=1S/C39H24N4S/c1-4-14-26(15-5-1)37-40-38(27-16-6-2-7-17-27)42-39(41-37)32-22-12-21-30-33(32)43(28-18-8-3-9-19-28)34-31-24-23-25-13-10-11-20-29(25)35(31)44-36(30)34/h1-24H. The van der Waals surface area contributed by atoms with Crippen molar-refractivity contribution in [3.63, 3.8) is 0 Å². The van der Waals surface area contributed by atoms with Gasteiger partial charge in [0.25, 0.3) is 0 Å². The van der Waals surface area contributed by atoms with Gasteiger partial charge >= 0.3 is 0 Å². The highest BCUT2D eigenvalue weighted by atomic mass is 32.1. The smallest absolute Gasteiger partial charge is 0.166 e. The highest BCUT2D eigenvalue weighted by Gasteiger charge is 2.23. The Morgan fingerprint density at radius 2 is 0.977 bits per heavy atom. The summed E-state index contributed by atoms with van der Waals surface area (Å²) >= 11 is 1.87. The van der Waals surface area contributed by atoms with Crippen LogP contribution in [0.5, 0.6) is 0 Å². The third kappa shape index (κ3) is 3.87. The molecule has 206 valence electrons. The quantitative estimate of drug-likeness (QED) is 0.208. The van der Waals surface area contributed by atoms with Crippen LogP contribution in [0, 0.1) is 0 Å². The van der Waals surface area contributed by atoms with E-state index in [0.29, 0.717) is 17.5 Å². The van der Waals surface area contributed by atoms with E-state index < -0.39 is 0 Å². The lowest BCUT2D eigenvalue weighted by Crippen LogP contribution is -2.02. The summed E-state index contributed by atoms with van der Waals surface area (Å²) in [6.45, 7) is 0. The van der Waals surface area contributed by atoms with E-state index in [1.165, 1.54) is 36.5 Å². The van der Waals surface area contributed by atoms with Gasteiger partial charge in [0.1, 0.15) is 0 Å². The second-order valence-electron chi connectivity index (χ2n) is 10.9. The third-order valence-corrected chi connectivity index (χ3v) is 9.50. The van der Waals surface area contributed by atoms with Gasteiger partial charge in [0.05, 0.1) is 15.7 Å². The first-order valence-corrected chi connectivity index (χ1v) is 15.5. The van der Waals surface area contributed by atoms with E-state index in [-0.39, 0.29) is 0 Å². The van der Waals surface area contributed by atoms with E-state index in [0.717, 1.165) is 27.9 Å². The number of fused-ring (bicyclic) bond motifs is 7. The summed E-state index contributed by atoms with van der Waals surface area (Å²) in [6.07, 6.45) is 0. The second kappa shape index (κ2) is 9.97. The van der Waals surface area contributed by atoms with Crippen molar-refractivity contribution in [1.29, 1.82) is 0 Å². The van der Waals surface area contributed by atoms with E-state index in [9.17, 15) is 0 Å². The maximum atomic E-state index is 5.11. The third-order valence-electron chi connectivity index (χ3n) is 8.24. The van der Waals surface area contributed by atoms with Crippen LogP contribution in [0.3, 0.4) is 0 Å². The minimum absolute atomic E-state index is 0.653. The Hall–Kier alpha value is -5.65. The lowest BCUT2D eigenvalue weighted by atomic mass is 10.1. The van der Waals surface area contributed by atoms with Gasteiger partial charge in [-0.25, -0.2) is 15.0 Å². The molecule has 6 aromatic carbocycles. The van der Waals surface area contributed by atoms with Crippen molar-refractivity contribution in [1.82, 2.24) is 19.5 Å². The lowest BCUT2D eigenvalue weighted by Gasteiger charge is -2.13. The summed E-state index contributed by atoms with van der Waals surface area (Å²) in [7, 11) is 0. The number of rotatable bonds is 4. The molecule has 5 heteroatoms. The lowest BCUT2D eigenvalue weighted by molar-refractivity contribution is 1.07. The number of hydrogen-bond acceptors (Lipinski definition) is 4. The highest BCUT2D eigenvalue weighted by Crippen LogP contribution is 2.46. The first kappa shape index (κ1) is 24.9. The van der Waals surface area contributed by atoms with E-state index in [4.69, 9.17) is 15.0 Å². The Balaban J connectivity index is 1.40. The van der Waals surface area contributed by atoms with Crippen molar-refractivity contribution in [3.05, 3.63) is 146 Å². The summed E-state index contributed by atoms with van der Waals surface area (Å²) in [5.41, 5.74) is 6.30. The molecule has 0 aliphatic rings. The fourth-order valence-electron chi connectivity index (χ4n) is 6.24. The minimum Gasteiger partial charge on any atom is -0.307 e. The predicted octanol–water partition coefficient (Wildman–Crippen LogP) is 10.3. The van der Waals surface area contributed by atoms with Crippen molar-refractivity contribution in [2.24, 2.45) is 0 Å². The van der Waals surface area contributed by atoms with E-state index >= 15 is 0 Å². The van der Waals surface area contributed by atoms with Crippen LogP contribution < -0.4 is 0 Å². The molecule has 0 spiro atoms. The van der Waals surface area contributed by atoms with Gasteiger partial charge in [0.2, 0.25) is 0 Å². The summed E-state index contributed by atoms with van der Waals surface area (Å²) in [4.78, 5) is 15.2. The zero-order valence-electron chi connectivity index (χ0n) is 23.6. The van der Waals surface area contributed by atoms with Gasteiger partial charge in [-0.3, -0.25) is 0 Å². The van der Waals surface area contributed by atoms with Crippen molar-refractivity contribution in [2.45, 2.75) is 0 Å². The number of nitrogens with zero attached hydrogens (tertiary/aromatic N) is 4. The zero-order chi connectivity index (χ0) is 29.0. The van der Waals surface area contributed by atoms with E-state index in [1.807, 2.05) is 72.0 Å². The molecule has 44 heavy (non-hydrogen) atoms. The molecule has 0 bridgehead atoms. The van der Waals surface area contributed by atoms with Crippen LogP contribution in [-0.4, -0.2) is 19.5 Å². The predicted molar refractivity (Wildman–Crippen MR) is 183 cm³/mol. The highest BCUT2D eigenvalue weighted by molar-refractivity contribution is 7.27. The van der Waals surface area contributed by atoms with Crippen molar-refractivity contribution in [3.8, 4) is 39.9 Å². The Morgan fingerprint density at radius 1 is 0.409 bits per heavy atom. The maximum Gasteiger partial charge on any atom is 0.166 e. The zero-order valence-corrected chi connectivity index (χ0v) is 24.4. The second-order valence-corrected chi connectivity index (χ2v) is 11.9. The molecule has 0 aliphatic carbocycles. The molecule has 0 saturated carbocycles. The van der Waals surface area contributed by atoms with Crippen LogP contribution in [0.1, 0.15) is 0 Å². The van der Waals surface area contributed by atoms with Gasteiger partial charge in [-0.05, 0) is 29.0 Å². The summed E-state index contributed by atoms with van der Waals surface area (Å²) < 4.78 is 4.97. The molecule has 0 unspecified atom stereocenters. The first-order chi connectivity index (χ1) is 21.8. The normalized spacial score (nSPS) is 11.6. The molecule has 0 radical (unpaired) electrons. The molecule has 0 saturated heterocycles. The fourth-order valence-corrected chi connectivity index (χ4v) is 7.59. The molecule has 0 atom stereocenters. The van der Waals surface area contributed by atoms with E-state index in [1.54, 1.807) is 0 Å². The van der Waals surface area contributed by atoms with Gasteiger partial charge in [-0.1, -0.05) is 127 Å². The van der Waals surface area contributed by atoms with Gasteiger partial charge in [-0.2, -0.15) is 0 Å². The first-order valence-electron chi connectivity index (χ1n) is 14.6. The monoisotopic (exact) mass is 580 g/mol. The molecule has 4 nitrogen and oxygen atoms in total. The SMILES string of the molecule is c1ccc(-c2nc(-c3ccccc3)nc(-c3cccc4c5sc6c7ccccc7ccc6c5n(-c5ccccc5)c34)n2)cc1. The molecule has 9 rings (SSSR count). The molecule has 9 aromatic rings. The van der Waals surface area contributed by atoms with Crippen LogP contribution in [0.15, 0.2) is 146 Å². The van der Waals surface area contributed by atoms with Crippen LogP contribution in [0.25, 0.3) is 81.8 Å². The van der Waals surface area contributed by atoms with E-state index in [2.05, 4.69) is 89.5 Å². The number of hydrogen-bond donors (Lipinski definition) is 0. The topological polar surface area (TPSA) is 43.6 Å². The van der Waals surface area contributed by atoms with Gasteiger partial charge in [-0.15, -0.1) is 11.3 Å². The Labute approximate surface area is 257 Å². The summed E-state index contributed by atoms with van der Waals surface area (Å²) in [5, 5.41) is 4.98. The van der Waals surface area contributed by atoms with Crippen molar-refractivity contribution < 1.29 is 0 Å². The number of benzene rings is 6. The Kier molecular flexibility index (Phi) is 5.64. The van der Waals surface area contributed by atoms with Gasteiger partial charge in [0.15, 0.2) is 17.5 Å². The molecule has 0 aliphatic heterocycles. The summed E-state index contributed by atoms with van der Waals surface area (Å²) in [5.74, 6) is 1.96. The largest absolute Gasteiger partial charge is 0.307 e. The Morgan fingerprint density at radius 3 is 1.68 bits per heavy atom. The molecule has 3 aromatic heterocycles. The van der Waals surface area contributed by atoms with Crippen LogP contribution in [0.4, 0.5) is 0 Å². The maximum absolute atomic E-state index is 5.11. The molecular formula is C39H24N4S. The molecule has 0 fully saturated rings. The van der Waals surface area contributed by atoms with Crippen LogP contribution in [0.2, 0.25) is 0 Å². The fraction of sp³-hybridized carbons (Fsp3) is 0. The number of thiophene rings is 1. The molecular weight excluding hydrogens is 557 g/mol. The van der Waals surface area contributed by atoms with Gasteiger partial charge in [0, 0.05) is 37.9 Å². The molecule has 0 amide bonds. The van der Waals surface area contributed by atoms with Gasteiger partial charge < -0.3 is 4.57 Å². The van der Waals surface area contributed by atoms with Crippen LogP contribution >= 0.6 is 11.3 Å². The molecule has 0 N–H and O–H groups in total. The number of para-hydroxylation sites is 2. The number of aromatic nitrogens is 4.